The summed E-state index contributed by atoms with van der Waals surface area (Å²) in [5, 5.41) is 0. The summed E-state index contributed by atoms with van der Waals surface area (Å²) in [7, 11) is 0. The van der Waals surface area contributed by atoms with E-state index in [1.54, 1.807) is 0 Å². The Labute approximate surface area is 69.0 Å². The molecule has 0 fully saturated rings. The Kier molecular flexibility index (Phi) is 5.46. The second-order valence-electron chi connectivity index (χ2n) is 3.31. The van der Waals surface area contributed by atoms with Crippen LogP contribution in [0.25, 0.3) is 0 Å². The molecule has 0 aromatic heterocycles. The van der Waals surface area contributed by atoms with Crippen molar-refractivity contribution in [3.8, 4) is 0 Å². The van der Waals surface area contributed by atoms with E-state index in [4.69, 9.17) is 9.57 Å². The monoisotopic (exact) mass is 161 g/mol. The number of hydrogen-bond acceptors (Lipinski definition) is 3. The van der Waals surface area contributed by atoms with Crippen LogP contribution in [0.5, 0.6) is 0 Å². The number of nitrogens with one attached hydrogen (secondary N) is 1. The summed E-state index contributed by atoms with van der Waals surface area (Å²) in [6.45, 7) is 10.1. The van der Waals surface area contributed by atoms with Crippen molar-refractivity contribution in [2.45, 2.75) is 33.3 Å². The molecule has 1 N–H and O–H groups in total. The average Bonchev–Trinajstić information content (AvgIpc) is 1.85. The standard InChI is InChI=1S/C8H19NO2/c1-5-9-11-7-6-10-8(2,3)4/h9H,5-7H2,1-4H3. The topological polar surface area (TPSA) is 30.5 Å². The fourth-order valence-electron chi connectivity index (χ4n) is 0.564. The van der Waals surface area contributed by atoms with Gasteiger partial charge in [0.2, 0.25) is 0 Å². The third kappa shape index (κ3) is 9.88. The van der Waals surface area contributed by atoms with Crippen LogP contribution in [0.2, 0.25) is 0 Å². The quantitative estimate of drug-likeness (QED) is 0.487. The van der Waals surface area contributed by atoms with Crippen molar-refractivity contribution in [3.63, 3.8) is 0 Å². The Bertz CT molecular complexity index is 88.6. The van der Waals surface area contributed by atoms with E-state index in [0.29, 0.717) is 13.2 Å². The van der Waals surface area contributed by atoms with Crippen LogP contribution in [0.15, 0.2) is 0 Å². The van der Waals surface area contributed by atoms with E-state index in [0.717, 1.165) is 6.54 Å². The lowest BCUT2D eigenvalue weighted by Crippen LogP contribution is -2.24. The van der Waals surface area contributed by atoms with Crippen LogP contribution in [0.4, 0.5) is 0 Å². The van der Waals surface area contributed by atoms with Gasteiger partial charge in [0.25, 0.3) is 0 Å². The van der Waals surface area contributed by atoms with Crippen LogP contribution < -0.4 is 5.48 Å². The van der Waals surface area contributed by atoms with E-state index >= 15 is 0 Å². The molecule has 0 heterocycles. The van der Waals surface area contributed by atoms with E-state index in [-0.39, 0.29) is 5.60 Å². The molecule has 0 radical (unpaired) electrons. The Morgan fingerprint density at radius 2 is 1.82 bits per heavy atom. The minimum absolute atomic E-state index is 0.0599. The lowest BCUT2D eigenvalue weighted by Gasteiger charge is -2.19. The lowest BCUT2D eigenvalue weighted by molar-refractivity contribution is -0.0555. The summed E-state index contributed by atoms with van der Waals surface area (Å²) in [6.07, 6.45) is 0. The van der Waals surface area contributed by atoms with Gasteiger partial charge in [0.15, 0.2) is 0 Å². The molecule has 0 rings (SSSR count). The van der Waals surface area contributed by atoms with Crippen LogP contribution >= 0.6 is 0 Å². The summed E-state index contributed by atoms with van der Waals surface area (Å²) in [4.78, 5) is 5.00. The predicted octanol–water partition coefficient (Wildman–Crippen LogP) is 1.34. The van der Waals surface area contributed by atoms with Gasteiger partial charge in [0.1, 0.15) is 0 Å². The van der Waals surface area contributed by atoms with Crippen molar-refractivity contribution in [1.29, 1.82) is 0 Å². The Morgan fingerprint density at radius 3 is 2.27 bits per heavy atom. The first-order chi connectivity index (χ1) is 5.06. The first-order valence-electron chi connectivity index (χ1n) is 4.05. The first-order valence-corrected chi connectivity index (χ1v) is 4.05. The molecule has 3 nitrogen and oxygen atoms in total. The van der Waals surface area contributed by atoms with Gasteiger partial charge in [0.05, 0.1) is 18.8 Å². The molecule has 0 saturated carbocycles. The van der Waals surface area contributed by atoms with Crippen LogP contribution in [0, 0.1) is 0 Å². The lowest BCUT2D eigenvalue weighted by atomic mass is 10.2. The van der Waals surface area contributed by atoms with Crippen LogP contribution in [0.1, 0.15) is 27.7 Å². The van der Waals surface area contributed by atoms with Crippen LogP contribution in [-0.4, -0.2) is 25.4 Å². The van der Waals surface area contributed by atoms with Crippen LogP contribution in [0.3, 0.4) is 0 Å². The number of hydrogen-bond donors (Lipinski definition) is 1. The van der Waals surface area contributed by atoms with Crippen molar-refractivity contribution < 1.29 is 9.57 Å². The molecule has 0 atom stereocenters. The van der Waals surface area contributed by atoms with Gasteiger partial charge in [-0.05, 0) is 20.8 Å². The van der Waals surface area contributed by atoms with Gasteiger partial charge in [-0.25, -0.2) is 5.48 Å². The highest BCUT2D eigenvalue weighted by atomic mass is 16.7. The highest BCUT2D eigenvalue weighted by Gasteiger charge is 2.08. The summed E-state index contributed by atoms with van der Waals surface area (Å²) in [5.74, 6) is 0. The maximum Gasteiger partial charge on any atom is 0.0916 e. The normalized spacial score (nSPS) is 12.0. The number of hydroxylamine groups is 1. The molecule has 11 heavy (non-hydrogen) atoms. The van der Waals surface area contributed by atoms with Gasteiger partial charge in [-0.2, -0.15) is 0 Å². The fraction of sp³-hybridized carbons (Fsp3) is 1.00. The number of rotatable bonds is 5. The first kappa shape index (κ1) is 10.9. The number of ether oxygens (including phenoxy) is 1. The Morgan fingerprint density at radius 1 is 1.18 bits per heavy atom. The third-order valence-electron chi connectivity index (χ3n) is 0.967. The van der Waals surface area contributed by atoms with Gasteiger partial charge >= 0.3 is 0 Å². The zero-order valence-corrected chi connectivity index (χ0v) is 7.94. The Balaban J connectivity index is 3.02. The average molecular weight is 161 g/mol. The summed E-state index contributed by atoms with van der Waals surface area (Å²) >= 11 is 0. The Hall–Kier alpha value is -0.120. The smallest absolute Gasteiger partial charge is 0.0916 e. The van der Waals surface area contributed by atoms with Gasteiger partial charge in [-0.1, -0.05) is 6.92 Å². The molecule has 0 amide bonds. The second-order valence-corrected chi connectivity index (χ2v) is 3.31. The molecular weight excluding hydrogens is 142 g/mol. The van der Waals surface area contributed by atoms with Gasteiger partial charge in [-0.3, -0.25) is 4.84 Å². The molecule has 0 unspecified atom stereocenters. The SMILES string of the molecule is CCNOCCOC(C)(C)C. The van der Waals surface area contributed by atoms with Gasteiger partial charge in [0, 0.05) is 6.54 Å². The summed E-state index contributed by atoms with van der Waals surface area (Å²) in [5.41, 5.74) is 2.69. The zero-order valence-electron chi connectivity index (χ0n) is 7.94. The molecule has 68 valence electrons. The molecule has 0 aliphatic carbocycles. The molecule has 0 bridgehead atoms. The summed E-state index contributed by atoms with van der Waals surface area (Å²) < 4.78 is 5.41. The van der Waals surface area contributed by atoms with E-state index in [9.17, 15) is 0 Å². The summed E-state index contributed by atoms with van der Waals surface area (Å²) in [6, 6.07) is 0. The predicted molar refractivity (Wildman–Crippen MR) is 45.3 cm³/mol. The van der Waals surface area contributed by atoms with E-state index in [2.05, 4.69) is 5.48 Å². The molecule has 0 aliphatic rings. The molecule has 0 spiro atoms. The molecular formula is C8H19NO2. The maximum absolute atomic E-state index is 5.41. The zero-order chi connectivity index (χ0) is 8.74. The van der Waals surface area contributed by atoms with Crippen molar-refractivity contribution in [2.75, 3.05) is 19.8 Å². The molecule has 3 heteroatoms. The highest BCUT2D eigenvalue weighted by molar-refractivity contribution is 4.57. The minimum Gasteiger partial charge on any atom is -0.373 e. The van der Waals surface area contributed by atoms with Gasteiger partial charge < -0.3 is 4.74 Å². The van der Waals surface area contributed by atoms with Crippen molar-refractivity contribution >= 4 is 0 Å². The molecule has 0 aliphatic heterocycles. The van der Waals surface area contributed by atoms with Crippen molar-refractivity contribution in [3.05, 3.63) is 0 Å². The molecule has 0 aromatic rings. The van der Waals surface area contributed by atoms with Crippen molar-refractivity contribution in [1.82, 2.24) is 5.48 Å². The van der Waals surface area contributed by atoms with E-state index in [1.165, 1.54) is 0 Å². The van der Waals surface area contributed by atoms with Crippen LogP contribution in [-0.2, 0) is 9.57 Å². The third-order valence-corrected chi connectivity index (χ3v) is 0.967. The second kappa shape index (κ2) is 5.52. The molecule has 0 saturated heterocycles. The fourth-order valence-corrected chi connectivity index (χ4v) is 0.564. The van der Waals surface area contributed by atoms with Crippen molar-refractivity contribution in [2.24, 2.45) is 0 Å². The van der Waals surface area contributed by atoms with E-state index < -0.39 is 0 Å². The maximum atomic E-state index is 5.41. The van der Waals surface area contributed by atoms with E-state index in [1.807, 2.05) is 27.7 Å². The van der Waals surface area contributed by atoms with Gasteiger partial charge in [-0.15, -0.1) is 0 Å². The molecule has 0 aromatic carbocycles. The largest absolute Gasteiger partial charge is 0.373 e. The highest BCUT2D eigenvalue weighted by Crippen LogP contribution is 2.05. The minimum atomic E-state index is -0.0599.